The van der Waals surface area contributed by atoms with Crippen LogP contribution in [0.15, 0.2) is 18.2 Å². The minimum absolute atomic E-state index is 0.0132. The van der Waals surface area contributed by atoms with Crippen LogP contribution in [0.5, 0.6) is 5.75 Å². The number of amides is 4. The molecule has 2 heterocycles. The molecular formula is C27H41N5O5. The van der Waals surface area contributed by atoms with E-state index in [1.807, 2.05) is 14.1 Å². The molecule has 1 saturated heterocycles. The Morgan fingerprint density at radius 1 is 1.14 bits per heavy atom. The van der Waals surface area contributed by atoms with Crippen molar-refractivity contribution in [2.45, 2.75) is 75.7 Å². The summed E-state index contributed by atoms with van der Waals surface area (Å²) < 4.78 is 12.3. The summed E-state index contributed by atoms with van der Waals surface area (Å²) in [5.74, 6) is 0.271. The number of nitrogens with zero attached hydrogens (tertiary/aromatic N) is 2. The van der Waals surface area contributed by atoms with Crippen LogP contribution in [0.2, 0.25) is 0 Å². The molecule has 1 aliphatic carbocycles. The van der Waals surface area contributed by atoms with Crippen LogP contribution in [0.1, 0.15) is 61.7 Å². The zero-order valence-electron chi connectivity index (χ0n) is 22.3. The molecule has 3 N–H and O–H groups in total. The summed E-state index contributed by atoms with van der Waals surface area (Å²) in [6.07, 6.45) is 6.38. The molecule has 0 spiro atoms. The lowest BCUT2D eigenvalue weighted by Gasteiger charge is -2.42. The summed E-state index contributed by atoms with van der Waals surface area (Å²) in [6.45, 7) is 1.85. The molecular weight excluding hydrogens is 474 g/mol. The molecule has 2 aliphatic heterocycles. The molecule has 1 saturated carbocycles. The lowest BCUT2D eigenvalue weighted by Crippen LogP contribution is -2.54. The molecule has 3 aliphatic rings. The van der Waals surface area contributed by atoms with Crippen LogP contribution in [0.25, 0.3) is 0 Å². The van der Waals surface area contributed by atoms with Crippen LogP contribution in [0, 0.1) is 0 Å². The van der Waals surface area contributed by atoms with E-state index in [4.69, 9.17) is 9.47 Å². The van der Waals surface area contributed by atoms with Crippen LogP contribution < -0.4 is 20.7 Å². The molecule has 0 unspecified atom stereocenters. The summed E-state index contributed by atoms with van der Waals surface area (Å²) >= 11 is 0. The Balaban J connectivity index is 1.34. The van der Waals surface area contributed by atoms with Gasteiger partial charge >= 0.3 is 6.03 Å². The van der Waals surface area contributed by atoms with E-state index >= 15 is 0 Å². The number of anilines is 1. The van der Waals surface area contributed by atoms with E-state index in [-0.39, 0.29) is 48.7 Å². The predicted octanol–water partition coefficient (Wildman–Crippen LogP) is 2.59. The van der Waals surface area contributed by atoms with E-state index < -0.39 is 0 Å². The van der Waals surface area contributed by atoms with Crippen LogP contribution in [0.4, 0.5) is 10.5 Å². The van der Waals surface area contributed by atoms with Gasteiger partial charge in [-0.2, -0.15) is 0 Å². The second kappa shape index (κ2) is 12.6. The minimum atomic E-state index is -0.322. The van der Waals surface area contributed by atoms with E-state index in [0.717, 1.165) is 45.1 Å². The SMILES string of the molecule is CN(C)CCCNC(=O)C[C@@H]1CC[C@@H]2[C@H](COc3ccc(NC(=O)NC4CCCC4)cc3C(=O)N2C)O1. The Hall–Kier alpha value is -2.85. The van der Waals surface area contributed by atoms with Crippen LogP contribution in [-0.2, 0) is 9.53 Å². The first-order valence-corrected chi connectivity index (χ1v) is 13.5. The number of hydrogen-bond donors (Lipinski definition) is 3. The third-order valence-corrected chi connectivity index (χ3v) is 7.48. The standard InChI is InChI=1S/C27H41N5O5/c1-31(2)14-6-13-28-25(33)16-20-10-11-22-24(37-20)17-36-23-12-9-19(15-21(23)26(34)32(22)3)30-27(35)29-18-7-4-5-8-18/h9,12,15,18,20,22,24H,4-8,10-11,13-14,16-17H2,1-3H3,(H,28,33)(H2,29,30,35)/t20-,22+,24-/m0/s1. The van der Waals surface area contributed by atoms with E-state index in [1.54, 1.807) is 30.1 Å². The van der Waals surface area contributed by atoms with Gasteiger partial charge in [0.25, 0.3) is 5.91 Å². The number of nitrogens with one attached hydrogen (secondary N) is 3. The molecule has 4 amide bonds. The van der Waals surface area contributed by atoms with Crippen molar-refractivity contribution in [1.29, 1.82) is 0 Å². The predicted molar refractivity (Wildman–Crippen MR) is 141 cm³/mol. The average molecular weight is 516 g/mol. The first-order valence-electron chi connectivity index (χ1n) is 13.5. The van der Waals surface area contributed by atoms with Gasteiger partial charge in [0.15, 0.2) is 0 Å². The quantitative estimate of drug-likeness (QED) is 0.459. The van der Waals surface area contributed by atoms with E-state index in [1.165, 1.54) is 0 Å². The maximum Gasteiger partial charge on any atom is 0.319 e. The number of urea groups is 1. The van der Waals surface area contributed by atoms with Crippen molar-refractivity contribution in [3.63, 3.8) is 0 Å². The zero-order valence-corrected chi connectivity index (χ0v) is 22.3. The Kier molecular flexibility index (Phi) is 9.26. The van der Waals surface area contributed by atoms with Gasteiger partial charge < -0.3 is 35.2 Å². The van der Waals surface area contributed by atoms with Gasteiger partial charge in [-0.1, -0.05) is 12.8 Å². The number of fused-ring (bicyclic) bond motifs is 2. The zero-order chi connectivity index (χ0) is 26.4. The Morgan fingerprint density at radius 3 is 2.68 bits per heavy atom. The van der Waals surface area contributed by atoms with Gasteiger partial charge in [-0.05, 0) is 70.9 Å². The topological polar surface area (TPSA) is 112 Å². The Morgan fingerprint density at radius 2 is 1.92 bits per heavy atom. The highest BCUT2D eigenvalue weighted by Crippen LogP contribution is 2.32. The number of rotatable bonds is 8. The highest BCUT2D eigenvalue weighted by molar-refractivity contribution is 5.99. The van der Waals surface area contributed by atoms with Gasteiger partial charge in [-0.25, -0.2) is 4.79 Å². The minimum Gasteiger partial charge on any atom is -0.490 e. The third-order valence-electron chi connectivity index (χ3n) is 7.48. The smallest absolute Gasteiger partial charge is 0.319 e. The monoisotopic (exact) mass is 515 g/mol. The number of hydrogen-bond acceptors (Lipinski definition) is 6. The summed E-state index contributed by atoms with van der Waals surface area (Å²) in [4.78, 5) is 42.0. The number of benzene rings is 1. The second-order valence-corrected chi connectivity index (χ2v) is 10.7. The van der Waals surface area contributed by atoms with Crippen molar-refractivity contribution in [3.05, 3.63) is 23.8 Å². The van der Waals surface area contributed by atoms with Crippen molar-refractivity contribution in [1.82, 2.24) is 20.4 Å². The van der Waals surface area contributed by atoms with Crippen molar-refractivity contribution >= 4 is 23.5 Å². The molecule has 0 radical (unpaired) electrons. The number of likely N-dealkylation sites (N-methyl/N-ethyl adjacent to an activating group) is 1. The lowest BCUT2D eigenvalue weighted by molar-refractivity contribution is -0.134. The molecule has 0 aromatic heterocycles. The Bertz CT molecular complexity index is 965. The fraction of sp³-hybridized carbons (Fsp3) is 0.667. The van der Waals surface area contributed by atoms with Crippen LogP contribution in [-0.4, -0.2) is 92.8 Å². The highest BCUT2D eigenvalue weighted by atomic mass is 16.5. The van der Waals surface area contributed by atoms with Crippen molar-refractivity contribution in [2.24, 2.45) is 0 Å². The van der Waals surface area contributed by atoms with Crippen molar-refractivity contribution < 1.29 is 23.9 Å². The van der Waals surface area contributed by atoms with Crippen LogP contribution in [0.3, 0.4) is 0 Å². The molecule has 10 nitrogen and oxygen atoms in total. The molecule has 1 aromatic carbocycles. The van der Waals surface area contributed by atoms with E-state index in [2.05, 4.69) is 20.9 Å². The average Bonchev–Trinajstić information content (AvgIpc) is 3.37. The van der Waals surface area contributed by atoms with Gasteiger partial charge in [-0.3, -0.25) is 9.59 Å². The fourth-order valence-electron chi connectivity index (χ4n) is 5.43. The normalized spacial score (nSPS) is 23.9. The van der Waals surface area contributed by atoms with E-state index in [9.17, 15) is 14.4 Å². The second-order valence-electron chi connectivity index (χ2n) is 10.7. The molecule has 4 rings (SSSR count). The molecule has 0 bridgehead atoms. The highest BCUT2D eigenvalue weighted by Gasteiger charge is 2.39. The number of carbonyl (C=O) groups excluding carboxylic acids is 3. The molecule has 37 heavy (non-hydrogen) atoms. The maximum atomic E-state index is 13.4. The maximum absolute atomic E-state index is 13.4. The molecule has 10 heteroatoms. The van der Waals surface area contributed by atoms with Gasteiger partial charge in [0.05, 0.1) is 24.1 Å². The molecule has 3 atom stereocenters. The summed E-state index contributed by atoms with van der Waals surface area (Å²) in [5.41, 5.74) is 0.965. The van der Waals surface area contributed by atoms with Crippen molar-refractivity contribution in [3.8, 4) is 5.75 Å². The molecule has 1 aromatic rings. The van der Waals surface area contributed by atoms with Crippen molar-refractivity contribution in [2.75, 3.05) is 46.2 Å². The largest absolute Gasteiger partial charge is 0.490 e. The van der Waals surface area contributed by atoms with Gasteiger partial charge in [-0.15, -0.1) is 0 Å². The first kappa shape index (κ1) is 27.2. The third kappa shape index (κ3) is 7.35. The van der Waals surface area contributed by atoms with Crippen LogP contribution >= 0.6 is 0 Å². The summed E-state index contributed by atoms with van der Waals surface area (Å²) in [6, 6.07) is 4.94. The lowest BCUT2D eigenvalue weighted by atomic mass is 9.94. The van der Waals surface area contributed by atoms with Gasteiger partial charge in [0.2, 0.25) is 5.91 Å². The fourth-order valence-corrected chi connectivity index (χ4v) is 5.43. The Labute approximate surface area is 219 Å². The van der Waals surface area contributed by atoms with E-state index in [0.29, 0.717) is 36.4 Å². The first-order chi connectivity index (χ1) is 17.8. The number of carbonyl (C=O) groups is 3. The summed E-state index contributed by atoms with van der Waals surface area (Å²) in [5, 5.41) is 8.82. The number of ether oxygens (including phenoxy) is 2. The molecule has 204 valence electrons. The van der Waals surface area contributed by atoms with Gasteiger partial charge in [0, 0.05) is 25.3 Å². The van der Waals surface area contributed by atoms with Gasteiger partial charge in [0.1, 0.15) is 18.5 Å². The molecule has 2 fully saturated rings. The summed E-state index contributed by atoms with van der Waals surface area (Å²) in [7, 11) is 5.80.